The Morgan fingerprint density at radius 2 is 2.00 bits per heavy atom. The first-order chi connectivity index (χ1) is 7.81. The van der Waals surface area contributed by atoms with Crippen LogP contribution >= 0.6 is 12.4 Å². The number of methoxy groups -OCH3 is 1. The van der Waals surface area contributed by atoms with Crippen LogP contribution in [0, 0.1) is 0 Å². The SMILES string of the molecule is COCCN1C[C@@H](N)[C@H](c2ccccc2)C1.Cl. The van der Waals surface area contributed by atoms with Crippen molar-refractivity contribution in [1.82, 2.24) is 4.90 Å². The normalized spacial score (nSPS) is 24.6. The topological polar surface area (TPSA) is 38.5 Å². The van der Waals surface area contributed by atoms with Crippen LogP contribution in [0.2, 0.25) is 0 Å². The number of rotatable bonds is 4. The first kappa shape index (κ1) is 14.5. The molecule has 0 radical (unpaired) electrons. The van der Waals surface area contributed by atoms with Crippen molar-refractivity contribution in [3.63, 3.8) is 0 Å². The Bertz CT molecular complexity index is 320. The van der Waals surface area contributed by atoms with Gasteiger partial charge in [-0.1, -0.05) is 30.3 Å². The number of hydrogen-bond donors (Lipinski definition) is 1. The van der Waals surface area contributed by atoms with Crippen LogP contribution in [-0.4, -0.2) is 44.3 Å². The van der Waals surface area contributed by atoms with Crippen molar-refractivity contribution >= 4 is 12.4 Å². The minimum Gasteiger partial charge on any atom is -0.383 e. The lowest BCUT2D eigenvalue weighted by Gasteiger charge is -2.15. The largest absolute Gasteiger partial charge is 0.383 e. The van der Waals surface area contributed by atoms with E-state index < -0.39 is 0 Å². The number of hydrogen-bond acceptors (Lipinski definition) is 3. The molecule has 1 aromatic carbocycles. The summed E-state index contributed by atoms with van der Waals surface area (Å²) in [5, 5.41) is 0. The lowest BCUT2D eigenvalue weighted by atomic mass is 9.95. The molecule has 1 aliphatic heterocycles. The minimum absolute atomic E-state index is 0. The van der Waals surface area contributed by atoms with Crippen molar-refractivity contribution in [2.45, 2.75) is 12.0 Å². The zero-order valence-electron chi connectivity index (χ0n) is 10.2. The summed E-state index contributed by atoms with van der Waals surface area (Å²) in [7, 11) is 1.74. The van der Waals surface area contributed by atoms with Crippen molar-refractivity contribution < 1.29 is 4.74 Å². The zero-order valence-corrected chi connectivity index (χ0v) is 11.0. The highest BCUT2D eigenvalue weighted by Gasteiger charge is 2.30. The van der Waals surface area contributed by atoms with Gasteiger partial charge in [0.15, 0.2) is 0 Å². The van der Waals surface area contributed by atoms with Gasteiger partial charge in [0.2, 0.25) is 0 Å². The average molecular weight is 257 g/mol. The van der Waals surface area contributed by atoms with Crippen molar-refractivity contribution in [1.29, 1.82) is 0 Å². The fourth-order valence-electron chi connectivity index (χ4n) is 2.37. The number of benzene rings is 1. The smallest absolute Gasteiger partial charge is 0.0589 e. The van der Waals surface area contributed by atoms with Crippen LogP contribution in [0.25, 0.3) is 0 Å². The second-order valence-corrected chi connectivity index (χ2v) is 4.43. The Morgan fingerprint density at radius 3 is 2.65 bits per heavy atom. The molecule has 0 spiro atoms. The second kappa shape index (κ2) is 6.97. The molecule has 96 valence electrons. The maximum atomic E-state index is 6.19. The summed E-state index contributed by atoms with van der Waals surface area (Å²) in [5.74, 6) is 0.470. The van der Waals surface area contributed by atoms with E-state index in [1.165, 1.54) is 5.56 Å². The Hall–Kier alpha value is -0.610. The highest BCUT2D eigenvalue weighted by atomic mass is 35.5. The molecule has 1 aromatic rings. The summed E-state index contributed by atoms with van der Waals surface area (Å²) < 4.78 is 5.10. The molecule has 0 amide bonds. The summed E-state index contributed by atoms with van der Waals surface area (Å²) in [5.41, 5.74) is 7.55. The molecule has 0 bridgehead atoms. The van der Waals surface area contributed by atoms with Gasteiger partial charge in [0.25, 0.3) is 0 Å². The highest BCUT2D eigenvalue weighted by Crippen LogP contribution is 2.25. The predicted molar refractivity (Wildman–Crippen MR) is 72.7 cm³/mol. The molecule has 4 heteroatoms. The van der Waals surface area contributed by atoms with Crippen molar-refractivity contribution in [2.24, 2.45) is 5.73 Å². The van der Waals surface area contributed by atoms with E-state index in [-0.39, 0.29) is 18.4 Å². The lowest BCUT2D eigenvalue weighted by Crippen LogP contribution is -2.30. The number of nitrogens with two attached hydrogens (primary N) is 1. The van der Waals surface area contributed by atoms with E-state index in [1.54, 1.807) is 7.11 Å². The van der Waals surface area contributed by atoms with Gasteiger partial charge in [-0.15, -0.1) is 12.4 Å². The summed E-state index contributed by atoms with van der Waals surface area (Å²) in [6.45, 7) is 3.79. The van der Waals surface area contributed by atoms with Crippen molar-refractivity contribution in [3.05, 3.63) is 35.9 Å². The summed E-state index contributed by atoms with van der Waals surface area (Å²) >= 11 is 0. The van der Waals surface area contributed by atoms with Gasteiger partial charge in [-0.05, 0) is 5.56 Å². The molecule has 1 saturated heterocycles. The van der Waals surface area contributed by atoms with Crippen LogP contribution in [0.4, 0.5) is 0 Å². The highest BCUT2D eigenvalue weighted by molar-refractivity contribution is 5.85. The van der Waals surface area contributed by atoms with Crippen LogP contribution < -0.4 is 5.73 Å². The number of likely N-dealkylation sites (tertiary alicyclic amines) is 1. The van der Waals surface area contributed by atoms with Gasteiger partial charge in [0, 0.05) is 38.7 Å². The van der Waals surface area contributed by atoms with Gasteiger partial charge in [-0.3, -0.25) is 4.90 Å². The lowest BCUT2D eigenvalue weighted by molar-refractivity contribution is 0.160. The molecule has 1 heterocycles. The summed E-state index contributed by atoms with van der Waals surface area (Å²) in [6.07, 6.45) is 0. The summed E-state index contributed by atoms with van der Waals surface area (Å²) in [4.78, 5) is 2.38. The second-order valence-electron chi connectivity index (χ2n) is 4.43. The average Bonchev–Trinajstić information content (AvgIpc) is 2.69. The monoisotopic (exact) mass is 256 g/mol. The van der Waals surface area contributed by atoms with Crippen LogP contribution in [0.3, 0.4) is 0 Å². The van der Waals surface area contributed by atoms with E-state index in [2.05, 4.69) is 29.2 Å². The van der Waals surface area contributed by atoms with Crippen LogP contribution in [-0.2, 0) is 4.74 Å². The summed E-state index contributed by atoms with van der Waals surface area (Å²) in [6, 6.07) is 10.8. The fraction of sp³-hybridized carbons (Fsp3) is 0.538. The quantitative estimate of drug-likeness (QED) is 0.887. The number of ether oxygens (including phenoxy) is 1. The molecule has 0 unspecified atom stereocenters. The first-order valence-electron chi connectivity index (χ1n) is 5.83. The minimum atomic E-state index is 0. The van der Waals surface area contributed by atoms with Gasteiger partial charge in [0.1, 0.15) is 0 Å². The van der Waals surface area contributed by atoms with E-state index in [4.69, 9.17) is 10.5 Å². The molecule has 2 N–H and O–H groups in total. The Morgan fingerprint density at radius 1 is 1.29 bits per heavy atom. The van der Waals surface area contributed by atoms with Crippen molar-refractivity contribution in [3.8, 4) is 0 Å². The third-order valence-electron chi connectivity index (χ3n) is 3.28. The first-order valence-corrected chi connectivity index (χ1v) is 5.83. The van der Waals surface area contributed by atoms with E-state index in [0.717, 1.165) is 26.2 Å². The van der Waals surface area contributed by atoms with Gasteiger partial charge in [-0.2, -0.15) is 0 Å². The van der Waals surface area contributed by atoms with Crippen LogP contribution in [0.1, 0.15) is 11.5 Å². The molecule has 2 rings (SSSR count). The van der Waals surface area contributed by atoms with E-state index in [1.807, 2.05) is 6.07 Å². The van der Waals surface area contributed by atoms with Gasteiger partial charge in [-0.25, -0.2) is 0 Å². The molecule has 1 fully saturated rings. The predicted octanol–water partition coefficient (Wildman–Crippen LogP) is 1.48. The molecule has 2 atom stereocenters. The van der Waals surface area contributed by atoms with E-state index in [9.17, 15) is 0 Å². The molecule has 3 nitrogen and oxygen atoms in total. The third kappa shape index (κ3) is 3.68. The van der Waals surface area contributed by atoms with Crippen molar-refractivity contribution in [2.75, 3.05) is 33.4 Å². The molecule has 0 aromatic heterocycles. The molecule has 0 aliphatic carbocycles. The van der Waals surface area contributed by atoms with E-state index in [0.29, 0.717) is 5.92 Å². The maximum Gasteiger partial charge on any atom is 0.0589 e. The van der Waals surface area contributed by atoms with E-state index >= 15 is 0 Å². The van der Waals surface area contributed by atoms with Gasteiger partial charge < -0.3 is 10.5 Å². The standard InChI is InChI=1S/C13H20N2O.ClH/c1-16-8-7-15-9-12(13(14)10-15)11-5-3-2-4-6-11;/h2-6,12-13H,7-10,14H2,1H3;1H/t12-,13+;/m0./s1. The zero-order chi connectivity index (χ0) is 11.4. The van der Waals surface area contributed by atoms with Gasteiger partial charge in [0.05, 0.1) is 6.61 Å². The number of nitrogens with zero attached hydrogens (tertiary/aromatic N) is 1. The Balaban J connectivity index is 0.00000144. The fourth-order valence-corrected chi connectivity index (χ4v) is 2.37. The van der Waals surface area contributed by atoms with Crippen LogP contribution in [0.15, 0.2) is 30.3 Å². The third-order valence-corrected chi connectivity index (χ3v) is 3.28. The Labute approximate surface area is 109 Å². The van der Waals surface area contributed by atoms with Gasteiger partial charge >= 0.3 is 0 Å². The molecular formula is C13H21ClN2O. The maximum absolute atomic E-state index is 6.19. The molecular weight excluding hydrogens is 236 g/mol. The van der Waals surface area contributed by atoms with Crippen LogP contribution in [0.5, 0.6) is 0 Å². The number of halogens is 1. The Kier molecular flexibility index (Phi) is 5.92. The molecule has 0 saturated carbocycles. The molecule has 1 aliphatic rings. The molecule has 17 heavy (non-hydrogen) atoms.